The molecule has 0 N–H and O–H groups in total. The van der Waals surface area contributed by atoms with E-state index >= 15 is 0 Å². The summed E-state index contributed by atoms with van der Waals surface area (Å²) in [7, 11) is 1.10. The molecule has 47 heavy (non-hydrogen) atoms. The van der Waals surface area contributed by atoms with Crippen LogP contribution in [0.2, 0.25) is 0 Å². The molecule has 10 heteroatoms. The van der Waals surface area contributed by atoms with E-state index in [1.165, 1.54) is 12.1 Å². The molecule has 2 amide bonds. The number of hydrogen-bond acceptors (Lipinski definition) is 6. The normalized spacial score (nSPS) is 18.5. The Labute approximate surface area is 276 Å². The number of halogens is 1. The molecule has 0 aliphatic carbocycles. The highest BCUT2D eigenvalue weighted by Gasteiger charge is 2.51. The summed E-state index contributed by atoms with van der Waals surface area (Å²) in [5, 5.41) is 0.610. The lowest BCUT2D eigenvalue weighted by Crippen LogP contribution is -2.44. The number of carbonyl (C=O) groups is 2. The van der Waals surface area contributed by atoms with Crippen molar-refractivity contribution in [1.82, 2.24) is 14.8 Å². The maximum atomic E-state index is 14.7. The summed E-state index contributed by atoms with van der Waals surface area (Å²) in [6.07, 6.45) is 2.80. The van der Waals surface area contributed by atoms with E-state index < -0.39 is 30.2 Å². The average Bonchev–Trinajstić information content (AvgIpc) is 3.58. The predicted octanol–water partition coefficient (Wildman–Crippen LogP) is 6.52. The Kier molecular flexibility index (Phi) is 8.85. The van der Waals surface area contributed by atoms with Gasteiger partial charge in [-0.05, 0) is 87.8 Å². The Balaban J connectivity index is 1.33. The zero-order valence-corrected chi connectivity index (χ0v) is 27.9. The van der Waals surface area contributed by atoms with Gasteiger partial charge in [-0.1, -0.05) is 48.5 Å². The van der Waals surface area contributed by atoms with E-state index in [9.17, 15) is 14.0 Å². The Morgan fingerprint density at radius 1 is 1.04 bits per heavy atom. The third-order valence-electron chi connectivity index (χ3n) is 9.63. The van der Waals surface area contributed by atoms with Crippen molar-refractivity contribution >= 4 is 35.5 Å². The van der Waals surface area contributed by atoms with Gasteiger partial charge in [0.15, 0.2) is 0 Å². The zero-order valence-electron chi connectivity index (χ0n) is 27.9. The molecule has 1 atom stereocenters. The zero-order chi connectivity index (χ0) is 33.5. The van der Waals surface area contributed by atoms with Crippen LogP contribution < -0.4 is 5.46 Å². The molecule has 2 saturated heterocycles. The van der Waals surface area contributed by atoms with Crippen LogP contribution >= 0.6 is 0 Å². The number of hydrogen-bond donors (Lipinski definition) is 0. The van der Waals surface area contributed by atoms with Crippen LogP contribution in [-0.4, -0.2) is 71.3 Å². The van der Waals surface area contributed by atoms with Crippen molar-refractivity contribution in [3.63, 3.8) is 0 Å². The van der Waals surface area contributed by atoms with Crippen molar-refractivity contribution in [1.29, 1.82) is 0 Å². The molecule has 2 aliphatic rings. The van der Waals surface area contributed by atoms with Gasteiger partial charge < -0.3 is 23.8 Å². The van der Waals surface area contributed by atoms with Crippen molar-refractivity contribution in [3.8, 4) is 11.1 Å². The van der Waals surface area contributed by atoms with E-state index in [1.54, 1.807) is 23.0 Å². The van der Waals surface area contributed by atoms with Crippen molar-refractivity contribution < 1.29 is 28.0 Å². The second kappa shape index (κ2) is 12.7. The summed E-state index contributed by atoms with van der Waals surface area (Å²) in [6, 6.07) is 19.7. The molecular formula is C37H41BFN3O5. The number of nitrogens with zero attached hydrogens (tertiary/aromatic N) is 3. The first-order chi connectivity index (χ1) is 22.3. The van der Waals surface area contributed by atoms with E-state index in [0.29, 0.717) is 40.7 Å². The number of benzene rings is 3. The number of aryl methyl sites for hydroxylation is 1. The molecule has 8 nitrogen and oxygen atoms in total. The Hall–Kier alpha value is -4.28. The van der Waals surface area contributed by atoms with Gasteiger partial charge in [0, 0.05) is 37.3 Å². The highest BCUT2D eigenvalue weighted by atomic mass is 19.1. The second-order valence-corrected chi connectivity index (χ2v) is 13.6. The number of amides is 2. The number of fused-ring (bicyclic) bond motifs is 1. The third-order valence-corrected chi connectivity index (χ3v) is 9.63. The van der Waals surface area contributed by atoms with Crippen molar-refractivity contribution in [2.75, 3.05) is 20.1 Å². The quantitative estimate of drug-likeness (QED) is 0.215. The van der Waals surface area contributed by atoms with Crippen molar-refractivity contribution in [3.05, 3.63) is 95.4 Å². The van der Waals surface area contributed by atoms with Gasteiger partial charge in [0.25, 0.3) is 5.91 Å². The smallest absolute Gasteiger partial charge is 0.445 e. The van der Waals surface area contributed by atoms with E-state index in [0.717, 1.165) is 29.4 Å². The minimum Gasteiger partial charge on any atom is -0.445 e. The Bertz CT molecular complexity index is 1780. The summed E-state index contributed by atoms with van der Waals surface area (Å²) in [6.45, 7) is 10.8. The summed E-state index contributed by atoms with van der Waals surface area (Å²) < 4.78 is 33.0. The lowest BCUT2D eigenvalue weighted by atomic mass is 9.78. The molecule has 244 valence electrons. The van der Waals surface area contributed by atoms with Crippen LogP contribution in [0.15, 0.2) is 72.9 Å². The fraction of sp³-hybridized carbons (Fsp3) is 0.378. The van der Waals surface area contributed by atoms with Gasteiger partial charge in [-0.2, -0.15) is 0 Å². The summed E-state index contributed by atoms with van der Waals surface area (Å²) in [4.78, 5) is 35.7. The maximum Gasteiger partial charge on any atom is 0.494 e. The van der Waals surface area contributed by atoms with E-state index in [1.807, 2.05) is 89.2 Å². The molecule has 0 radical (unpaired) electrons. The molecule has 6 rings (SSSR count). The molecule has 0 bridgehead atoms. The SMILES string of the molecule is Cc1cc(F)cc(-c2cnc3ccc(B4OC(C)(C)C(C)(C)O4)cc3c2C(=O)N(C)C[C@@H]2CCCN2C(=O)OCc2ccccc2)c1. The molecule has 4 aromatic rings. The first-order valence-electron chi connectivity index (χ1n) is 16.1. The van der Waals surface area contributed by atoms with Gasteiger partial charge in [-0.15, -0.1) is 0 Å². The van der Waals surface area contributed by atoms with Gasteiger partial charge in [0.1, 0.15) is 12.4 Å². The molecule has 3 aromatic carbocycles. The third kappa shape index (κ3) is 6.62. The molecule has 0 unspecified atom stereocenters. The summed E-state index contributed by atoms with van der Waals surface area (Å²) in [5.41, 5.74) is 3.41. The molecular weight excluding hydrogens is 596 g/mol. The number of pyridine rings is 1. The first-order valence-corrected chi connectivity index (χ1v) is 16.1. The monoisotopic (exact) mass is 637 g/mol. The van der Waals surface area contributed by atoms with Crippen LogP contribution in [-0.2, 0) is 20.7 Å². The van der Waals surface area contributed by atoms with Gasteiger partial charge >= 0.3 is 13.2 Å². The molecule has 0 saturated carbocycles. The number of aromatic nitrogens is 1. The first kappa shape index (κ1) is 32.7. The Morgan fingerprint density at radius 2 is 1.77 bits per heavy atom. The van der Waals surface area contributed by atoms with Crippen LogP contribution in [0.5, 0.6) is 0 Å². The van der Waals surface area contributed by atoms with Gasteiger partial charge in [0.05, 0.1) is 28.3 Å². The fourth-order valence-electron chi connectivity index (χ4n) is 6.34. The molecule has 1 aromatic heterocycles. The van der Waals surface area contributed by atoms with Gasteiger partial charge in [-0.3, -0.25) is 9.78 Å². The highest BCUT2D eigenvalue weighted by molar-refractivity contribution is 6.62. The number of rotatable bonds is 7. The standard InChI is InChI=1S/C37H41BFN3O5/c1-24-17-26(19-28(39)18-24)31-21-40-32-15-14-27(38-46-36(2,3)37(4,5)47-38)20-30(32)33(31)34(43)41(6)22-29-13-10-16-42(29)35(44)45-23-25-11-8-7-9-12-25/h7-9,11-12,14-15,17-21,29H,10,13,16,22-23H2,1-6H3/t29-/m0/s1. The van der Waals surface area contributed by atoms with Crippen LogP contribution in [0, 0.1) is 12.7 Å². The topological polar surface area (TPSA) is 81.2 Å². The second-order valence-electron chi connectivity index (χ2n) is 13.6. The van der Waals surface area contributed by atoms with Gasteiger partial charge in [-0.25, -0.2) is 9.18 Å². The van der Waals surface area contributed by atoms with E-state index in [4.69, 9.17) is 14.0 Å². The largest absolute Gasteiger partial charge is 0.494 e. The number of likely N-dealkylation sites (N-methyl/N-ethyl adjacent to an activating group) is 1. The number of likely N-dealkylation sites (tertiary alicyclic amines) is 1. The Morgan fingerprint density at radius 3 is 2.47 bits per heavy atom. The molecule has 2 fully saturated rings. The average molecular weight is 638 g/mol. The minimum absolute atomic E-state index is 0.183. The lowest BCUT2D eigenvalue weighted by Gasteiger charge is -2.32. The van der Waals surface area contributed by atoms with Crippen molar-refractivity contribution in [2.45, 2.75) is 71.3 Å². The van der Waals surface area contributed by atoms with E-state index in [2.05, 4.69) is 4.98 Å². The molecule has 2 aliphatic heterocycles. The molecule has 0 spiro atoms. The summed E-state index contributed by atoms with van der Waals surface area (Å²) >= 11 is 0. The van der Waals surface area contributed by atoms with Crippen LogP contribution in [0.4, 0.5) is 9.18 Å². The maximum absolute atomic E-state index is 14.7. The highest BCUT2D eigenvalue weighted by Crippen LogP contribution is 2.37. The van der Waals surface area contributed by atoms with Gasteiger partial charge in [0.2, 0.25) is 0 Å². The van der Waals surface area contributed by atoms with Crippen LogP contribution in [0.1, 0.15) is 62.0 Å². The predicted molar refractivity (Wildman–Crippen MR) is 181 cm³/mol. The number of carbonyl (C=O) groups excluding carboxylic acids is 2. The van der Waals surface area contributed by atoms with Crippen LogP contribution in [0.3, 0.4) is 0 Å². The van der Waals surface area contributed by atoms with Crippen LogP contribution in [0.25, 0.3) is 22.0 Å². The summed E-state index contributed by atoms with van der Waals surface area (Å²) in [5.74, 6) is -0.654. The lowest BCUT2D eigenvalue weighted by molar-refractivity contribution is 0.00578. The molecule has 3 heterocycles. The fourth-order valence-corrected chi connectivity index (χ4v) is 6.34. The number of ether oxygens (including phenoxy) is 1. The minimum atomic E-state index is -0.640. The van der Waals surface area contributed by atoms with E-state index in [-0.39, 0.29) is 18.6 Å². The van der Waals surface area contributed by atoms with Crippen molar-refractivity contribution in [2.24, 2.45) is 0 Å².